The first-order valence-electron chi connectivity index (χ1n) is 9.13. The van der Waals surface area contributed by atoms with E-state index in [0.717, 1.165) is 21.3 Å². The molecule has 1 N–H and O–H groups in total. The Kier molecular flexibility index (Phi) is 5.86. The highest BCUT2D eigenvalue weighted by atomic mass is 32.2. The van der Waals surface area contributed by atoms with E-state index in [9.17, 15) is 9.59 Å². The summed E-state index contributed by atoms with van der Waals surface area (Å²) in [6, 6.07) is 13.5. The highest BCUT2D eigenvalue weighted by Crippen LogP contribution is 2.30. The number of hydrogen-bond acceptors (Lipinski definition) is 7. The van der Waals surface area contributed by atoms with Crippen LogP contribution in [0.15, 0.2) is 53.0 Å². The summed E-state index contributed by atoms with van der Waals surface area (Å²) in [7, 11) is 0. The summed E-state index contributed by atoms with van der Waals surface area (Å²) in [5, 5.41) is 11.4. The SMILES string of the molecule is Cc1ccccc1N1CC(C(=O)Nc2nnc(SCc3ccccn3)s2)CC1=O. The average Bonchev–Trinajstić information content (AvgIpc) is 3.34. The van der Waals surface area contributed by atoms with E-state index < -0.39 is 5.92 Å². The van der Waals surface area contributed by atoms with Gasteiger partial charge in [-0.1, -0.05) is 47.4 Å². The van der Waals surface area contributed by atoms with Crippen molar-refractivity contribution in [3.8, 4) is 0 Å². The maximum Gasteiger partial charge on any atom is 0.231 e. The Labute approximate surface area is 176 Å². The molecule has 1 atom stereocenters. The van der Waals surface area contributed by atoms with Crippen molar-refractivity contribution in [1.29, 1.82) is 0 Å². The number of aryl methyl sites for hydroxylation is 1. The number of carbonyl (C=O) groups is 2. The Bertz CT molecular complexity index is 1020. The van der Waals surface area contributed by atoms with Gasteiger partial charge in [0.1, 0.15) is 0 Å². The number of thioether (sulfide) groups is 1. The fraction of sp³-hybridized carbons (Fsp3) is 0.250. The summed E-state index contributed by atoms with van der Waals surface area (Å²) in [5.41, 5.74) is 2.83. The second kappa shape index (κ2) is 8.71. The van der Waals surface area contributed by atoms with Crippen LogP contribution in [0.4, 0.5) is 10.8 Å². The first-order valence-corrected chi connectivity index (χ1v) is 10.9. The lowest BCUT2D eigenvalue weighted by Crippen LogP contribution is -2.28. The third kappa shape index (κ3) is 4.63. The number of aromatic nitrogens is 3. The van der Waals surface area contributed by atoms with Crippen molar-refractivity contribution < 1.29 is 9.59 Å². The minimum Gasteiger partial charge on any atom is -0.311 e. The van der Waals surface area contributed by atoms with Crippen molar-refractivity contribution >= 4 is 45.7 Å². The van der Waals surface area contributed by atoms with Crippen molar-refractivity contribution in [1.82, 2.24) is 15.2 Å². The summed E-state index contributed by atoms with van der Waals surface area (Å²) in [6.07, 6.45) is 1.95. The van der Waals surface area contributed by atoms with Crippen molar-refractivity contribution in [2.45, 2.75) is 23.4 Å². The second-order valence-electron chi connectivity index (χ2n) is 6.66. The fourth-order valence-corrected chi connectivity index (χ4v) is 4.80. The predicted molar refractivity (Wildman–Crippen MR) is 114 cm³/mol. The number of rotatable bonds is 6. The fourth-order valence-electron chi connectivity index (χ4n) is 3.13. The van der Waals surface area contributed by atoms with E-state index in [0.29, 0.717) is 17.4 Å². The molecule has 1 fully saturated rings. The van der Waals surface area contributed by atoms with Crippen LogP contribution in [-0.4, -0.2) is 33.5 Å². The molecule has 0 aliphatic carbocycles. The van der Waals surface area contributed by atoms with E-state index >= 15 is 0 Å². The zero-order valence-electron chi connectivity index (χ0n) is 15.7. The lowest BCUT2D eigenvalue weighted by atomic mass is 10.1. The number of nitrogens with one attached hydrogen (secondary N) is 1. The van der Waals surface area contributed by atoms with Crippen LogP contribution < -0.4 is 10.2 Å². The van der Waals surface area contributed by atoms with Crippen LogP contribution in [-0.2, 0) is 15.3 Å². The first-order chi connectivity index (χ1) is 14.1. The lowest BCUT2D eigenvalue weighted by molar-refractivity contribution is -0.122. The number of hydrogen-bond donors (Lipinski definition) is 1. The highest BCUT2D eigenvalue weighted by molar-refractivity contribution is 8.00. The Morgan fingerprint density at radius 3 is 2.86 bits per heavy atom. The molecule has 29 heavy (non-hydrogen) atoms. The highest BCUT2D eigenvalue weighted by Gasteiger charge is 2.36. The van der Waals surface area contributed by atoms with E-state index in [2.05, 4.69) is 20.5 Å². The minimum atomic E-state index is -0.407. The van der Waals surface area contributed by atoms with Crippen molar-refractivity contribution in [2.24, 2.45) is 5.92 Å². The Morgan fingerprint density at radius 2 is 2.07 bits per heavy atom. The molecule has 1 aliphatic heterocycles. The number of pyridine rings is 1. The average molecular weight is 426 g/mol. The van der Waals surface area contributed by atoms with Gasteiger partial charge in [0.15, 0.2) is 4.34 Å². The summed E-state index contributed by atoms with van der Waals surface area (Å²) >= 11 is 2.84. The van der Waals surface area contributed by atoms with Crippen molar-refractivity contribution in [3.63, 3.8) is 0 Å². The zero-order chi connectivity index (χ0) is 20.2. The van der Waals surface area contributed by atoms with E-state index in [1.54, 1.807) is 11.1 Å². The van der Waals surface area contributed by atoms with Gasteiger partial charge in [0, 0.05) is 30.6 Å². The van der Waals surface area contributed by atoms with Crippen LogP contribution in [0.2, 0.25) is 0 Å². The molecule has 0 spiro atoms. The molecule has 4 rings (SSSR count). The predicted octanol–water partition coefficient (Wildman–Crippen LogP) is 3.53. The van der Waals surface area contributed by atoms with Gasteiger partial charge in [0.25, 0.3) is 0 Å². The molecule has 9 heteroatoms. The molecule has 148 valence electrons. The summed E-state index contributed by atoms with van der Waals surface area (Å²) < 4.78 is 0.759. The standard InChI is InChI=1S/C20H19N5O2S2/c1-13-6-2-3-8-16(13)25-11-14(10-17(25)26)18(27)22-19-23-24-20(29-19)28-12-15-7-4-5-9-21-15/h2-9,14H,10-12H2,1H3,(H,22,23,27). The molecule has 1 unspecified atom stereocenters. The van der Waals surface area contributed by atoms with Crippen LogP contribution in [0, 0.1) is 12.8 Å². The van der Waals surface area contributed by atoms with Gasteiger partial charge in [-0.15, -0.1) is 10.2 Å². The van der Waals surface area contributed by atoms with E-state index in [-0.39, 0.29) is 18.2 Å². The quantitative estimate of drug-likeness (QED) is 0.480. The van der Waals surface area contributed by atoms with Crippen LogP contribution >= 0.6 is 23.1 Å². The molecule has 1 aliphatic rings. The third-order valence-corrected chi connectivity index (χ3v) is 6.61. The molecular weight excluding hydrogens is 406 g/mol. The zero-order valence-corrected chi connectivity index (χ0v) is 17.4. The second-order valence-corrected chi connectivity index (χ2v) is 8.86. The van der Waals surface area contributed by atoms with Gasteiger partial charge >= 0.3 is 0 Å². The van der Waals surface area contributed by atoms with Gasteiger partial charge in [-0.25, -0.2) is 0 Å². The lowest BCUT2D eigenvalue weighted by Gasteiger charge is -2.18. The maximum atomic E-state index is 12.6. The molecular formula is C20H19N5O2S2. The van der Waals surface area contributed by atoms with Crippen molar-refractivity contribution in [3.05, 3.63) is 59.9 Å². The largest absolute Gasteiger partial charge is 0.311 e. The number of para-hydroxylation sites is 1. The van der Waals surface area contributed by atoms with Crippen LogP contribution in [0.5, 0.6) is 0 Å². The Balaban J connectivity index is 1.35. The number of benzene rings is 1. The number of carbonyl (C=O) groups excluding carboxylic acids is 2. The molecule has 2 aromatic heterocycles. The van der Waals surface area contributed by atoms with Crippen LogP contribution in [0.25, 0.3) is 0 Å². The summed E-state index contributed by atoms with van der Waals surface area (Å²) in [4.78, 5) is 31.0. The van der Waals surface area contributed by atoms with Gasteiger partial charge in [-0.3, -0.25) is 14.6 Å². The summed E-state index contributed by atoms with van der Waals surface area (Å²) in [5.74, 6) is 0.0390. The van der Waals surface area contributed by atoms with E-state index in [4.69, 9.17) is 0 Å². The molecule has 1 saturated heterocycles. The van der Waals surface area contributed by atoms with Gasteiger partial charge in [0.05, 0.1) is 11.6 Å². The topological polar surface area (TPSA) is 88.1 Å². The Hall–Kier alpha value is -2.78. The number of nitrogens with zero attached hydrogens (tertiary/aromatic N) is 4. The Morgan fingerprint density at radius 1 is 1.24 bits per heavy atom. The summed E-state index contributed by atoms with van der Waals surface area (Å²) in [6.45, 7) is 2.33. The van der Waals surface area contributed by atoms with Gasteiger partial charge < -0.3 is 10.2 Å². The molecule has 0 radical (unpaired) electrons. The van der Waals surface area contributed by atoms with Crippen molar-refractivity contribution in [2.75, 3.05) is 16.8 Å². The van der Waals surface area contributed by atoms with Crippen LogP contribution in [0.3, 0.4) is 0 Å². The van der Waals surface area contributed by atoms with E-state index in [1.807, 2.05) is 49.4 Å². The number of amides is 2. The monoisotopic (exact) mass is 425 g/mol. The van der Waals surface area contributed by atoms with Gasteiger partial charge in [-0.05, 0) is 30.7 Å². The van der Waals surface area contributed by atoms with Crippen LogP contribution in [0.1, 0.15) is 17.7 Å². The van der Waals surface area contributed by atoms with Gasteiger partial charge in [0.2, 0.25) is 16.9 Å². The maximum absolute atomic E-state index is 12.6. The third-order valence-electron chi connectivity index (χ3n) is 4.61. The molecule has 3 aromatic rings. The van der Waals surface area contributed by atoms with Gasteiger partial charge in [-0.2, -0.15) is 0 Å². The molecule has 0 saturated carbocycles. The molecule has 3 heterocycles. The normalized spacial score (nSPS) is 16.2. The molecule has 2 amide bonds. The molecule has 7 nitrogen and oxygen atoms in total. The molecule has 0 bridgehead atoms. The number of anilines is 2. The first kappa shape index (κ1) is 19.5. The molecule has 1 aromatic carbocycles. The smallest absolute Gasteiger partial charge is 0.231 e. The minimum absolute atomic E-state index is 0.0386. The van der Waals surface area contributed by atoms with E-state index in [1.165, 1.54) is 23.1 Å².